The summed E-state index contributed by atoms with van der Waals surface area (Å²) in [5.74, 6) is 0. The Labute approximate surface area is 721 Å². The van der Waals surface area contributed by atoms with Crippen LogP contribution in [0.15, 0.2) is 393 Å². The maximum atomic E-state index is 6.26. The summed E-state index contributed by atoms with van der Waals surface area (Å²) in [6, 6.07) is 138. The zero-order valence-electron chi connectivity index (χ0n) is 61.4. The van der Waals surface area contributed by atoms with Crippen LogP contribution < -0.4 is 20.0 Å². The molecule has 6 heterocycles. The van der Waals surface area contributed by atoms with Crippen molar-refractivity contribution in [1.29, 1.82) is 0 Å². The van der Waals surface area contributed by atoms with Crippen LogP contribution in [-0.2, 0) is 0 Å². The van der Waals surface area contributed by atoms with Gasteiger partial charge in [-0.15, -0.1) is 68.0 Å². The van der Waals surface area contributed by atoms with Crippen molar-refractivity contribution in [2.24, 2.45) is 0 Å². The van der Waals surface area contributed by atoms with E-state index in [0.29, 0.717) is 0 Å². The van der Waals surface area contributed by atoms with Crippen LogP contribution in [0.2, 0.25) is 10.0 Å². The third-order valence-electron chi connectivity index (χ3n) is 20.8. The van der Waals surface area contributed by atoms with E-state index < -0.39 is 0 Å². The predicted molar refractivity (Wildman–Crippen MR) is 528 cm³/mol. The average molecular weight is 1720 g/mol. The highest BCUT2D eigenvalue weighted by Gasteiger charge is 2.21. The molecule has 0 radical (unpaired) electrons. The monoisotopic (exact) mass is 1720 g/mol. The van der Waals surface area contributed by atoms with Gasteiger partial charge in [-0.25, -0.2) is 0 Å². The first kappa shape index (κ1) is 76.6. The second-order valence-electron chi connectivity index (χ2n) is 28.0. The molecule has 566 valence electrons. The third kappa shape index (κ3) is 15.4. The molecule has 0 aliphatic rings. The minimum atomic E-state index is 0. The summed E-state index contributed by atoms with van der Waals surface area (Å²) in [6.45, 7) is 0. The number of rotatable bonds is 11. The largest absolute Gasteiger partial charge is 0.355 e. The van der Waals surface area contributed by atoms with Gasteiger partial charge >= 0.3 is 0 Å². The van der Waals surface area contributed by atoms with E-state index >= 15 is 0 Å². The van der Waals surface area contributed by atoms with Crippen LogP contribution in [0.25, 0.3) is 121 Å². The van der Waals surface area contributed by atoms with Crippen molar-refractivity contribution in [2.45, 2.75) is 14.9 Å². The fraction of sp³-hybridized carbons (Fsp3) is 0.0192. The van der Waals surface area contributed by atoms with E-state index in [1.54, 1.807) is 22.7 Å². The fourth-order valence-corrected chi connectivity index (χ4v) is 23.1. The fourth-order valence-electron chi connectivity index (χ4n) is 15.5. The highest BCUT2D eigenvalue weighted by atomic mass is 79.9. The molecule has 17 aromatic carbocycles. The summed E-state index contributed by atoms with van der Waals surface area (Å²) in [6.07, 6.45) is 0. The minimum absolute atomic E-state index is 0. The molecule has 0 atom stereocenters. The Kier molecular flexibility index (Phi) is 21.9. The number of nitrogens with one attached hydrogen (secondary N) is 1. The normalized spacial score (nSPS) is 11.2. The van der Waals surface area contributed by atoms with Crippen LogP contribution in [0.1, 0.15) is 14.9 Å². The lowest BCUT2D eigenvalue weighted by atomic mass is 10.1. The third-order valence-corrected chi connectivity index (χ3v) is 28.5. The van der Waals surface area contributed by atoms with Crippen LogP contribution >= 0.6 is 107 Å². The van der Waals surface area contributed by atoms with Crippen LogP contribution in [-0.4, -0.2) is 0 Å². The molecule has 1 N–H and O–H groups in total. The van der Waals surface area contributed by atoms with Gasteiger partial charge in [-0.3, -0.25) is 0 Å². The number of para-hydroxylation sites is 5. The first-order chi connectivity index (χ1) is 56.7. The van der Waals surface area contributed by atoms with Crippen molar-refractivity contribution < 1.29 is 0 Å². The second-order valence-corrected chi connectivity index (χ2v) is 36.3. The smallest absolute Gasteiger partial charge is 0.0476 e. The molecule has 117 heavy (non-hydrogen) atoms. The van der Waals surface area contributed by atoms with Gasteiger partial charge in [0, 0.05) is 198 Å². The lowest BCUT2D eigenvalue weighted by molar-refractivity contribution is 1.29. The van der Waals surface area contributed by atoms with Crippen LogP contribution in [0.5, 0.6) is 0 Å². The maximum Gasteiger partial charge on any atom is 0.0476 e. The summed E-state index contributed by atoms with van der Waals surface area (Å²) in [7, 11) is 0. The van der Waals surface area contributed by atoms with Crippen molar-refractivity contribution in [3.8, 4) is 0 Å². The van der Waals surface area contributed by atoms with E-state index in [9.17, 15) is 0 Å². The Morgan fingerprint density at radius 2 is 0.444 bits per heavy atom. The zero-order chi connectivity index (χ0) is 76.9. The van der Waals surface area contributed by atoms with Crippen molar-refractivity contribution in [2.75, 3.05) is 20.0 Å². The number of hydrogen-bond acceptors (Lipinski definition) is 10. The molecule has 0 aliphatic carbocycles. The van der Waals surface area contributed by atoms with Gasteiger partial charge in [0.05, 0.1) is 0 Å². The quantitative estimate of drug-likeness (QED) is 0.139. The minimum Gasteiger partial charge on any atom is -0.355 e. The van der Waals surface area contributed by atoms with Gasteiger partial charge in [-0.05, 0) is 206 Å². The zero-order valence-corrected chi connectivity index (χ0v) is 69.4. The summed E-state index contributed by atoms with van der Waals surface area (Å²) in [4.78, 5) is 7.06. The topological polar surface area (TPSA) is 21.8 Å². The number of fused-ring (bicyclic) bond motifs is 18. The first-order valence-corrected chi connectivity index (χ1v) is 44.2. The van der Waals surface area contributed by atoms with Gasteiger partial charge in [0.25, 0.3) is 0 Å². The number of thiophene rings is 6. The molecule has 0 fully saturated rings. The Bertz CT molecular complexity index is 7490. The van der Waals surface area contributed by atoms with E-state index in [4.69, 9.17) is 23.2 Å². The van der Waals surface area contributed by atoms with E-state index in [-0.39, 0.29) is 14.9 Å². The van der Waals surface area contributed by atoms with Crippen LogP contribution in [0.4, 0.5) is 62.6 Å². The lowest BCUT2D eigenvalue weighted by Crippen LogP contribution is -2.09. The molecule has 0 saturated carbocycles. The molecule has 0 saturated heterocycles. The number of benzene rings is 17. The van der Waals surface area contributed by atoms with Gasteiger partial charge in [0.15, 0.2) is 0 Å². The number of halogens is 3. The van der Waals surface area contributed by atoms with Crippen molar-refractivity contribution >= 4 is 291 Å². The van der Waals surface area contributed by atoms with E-state index in [0.717, 1.165) is 77.1 Å². The number of anilines is 11. The Morgan fingerprint density at radius 1 is 0.188 bits per heavy atom. The summed E-state index contributed by atoms with van der Waals surface area (Å²) in [5.41, 5.74) is 12.6. The first-order valence-electron chi connectivity index (χ1n) is 37.7. The predicted octanol–water partition coefficient (Wildman–Crippen LogP) is 36.4. The van der Waals surface area contributed by atoms with E-state index in [1.807, 2.05) is 81.7 Å². The Balaban J connectivity index is 0.000000116. The molecule has 0 amide bonds. The Morgan fingerprint density at radius 3 is 0.829 bits per heavy atom. The highest BCUT2D eigenvalue weighted by molar-refractivity contribution is 9.10. The van der Waals surface area contributed by atoms with E-state index in [1.165, 1.54) is 121 Å². The molecule has 13 heteroatoms. The van der Waals surface area contributed by atoms with Crippen molar-refractivity contribution in [1.82, 2.24) is 0 Å². The van der Waals surface area contributed by atoms with Gasteiger partial charge in [0.2, 0.25) is 0 Å². The highest BCUT2D eigenvalue weighted by Crippen LogP contribution is 2.48. The number of hydrogen-bond donors (Lipinski definition) is 1. The molecule has 0 spiro atoms. The number of nitrogens with zero attached hydrogens (tertiary/aromatic N) is 3. The van der Waals surface area contributed by atoms with Crippen molar-refractivity contribution in [3.63, 3.8) is 0 Å². The SMILES string of the molecule is C.C.Clc1ccc2c(c1)sc1ccc(Br)cc12.Clc1ccc2c(c1)sc1ccc(N(c3ccccc3)c3ccc4c(c3)sc3ccccc34)cc12.c1ccc(N(c2ccccc2)c2ccc3c(c2)sc2ccc(N(c4ccccc4)c4ccc5c(c4)sc4ccccc45)cc23)cc1.c1ccc(Nc2ccc3c(c2)sc2ccccc23)cc1. The summed E-state index contributed by atoms with van der Waals surface area (Å²) in [5, 5.41) is 20.6. The van der Waals surface area contributed by atoms with Gasteiger partial charge in [-0.1, -0.05) is 236 Å². The molecule has 23 aromatic rings. The average Bonchev–Trinajstić information content (AvgIpc) is 1.65. The van der Waals surface area contributed by atoms with Crippen LogP contribution in [0, 0.1) is 0 Å². The molecule has 0 aliphatic heterocycles. The van der Waals surface area contributed by atoms with Crippen LogP contribution in [0.3, 0.4) is 0 Å². The molecule has 6 aromatic heterocycles. The molecular weight excluding hydrogens is 1650 g/mol. The lowest BCUT2D eigenvalue weighted by Gasteiger charge is -2.26. The molecule has 4 nitrogen and oxygen atoms in total. The molecule has 0 bridgehead atoms. The molecule has 23 rings (SSSR count). The maximum absolute atomic E-state index is 6.26. The second kappa shape index (κ2) is 33.5. The van der Waals surface area contributed by atoms with Gasteiger partial charge in [0.1, 0.15) is 0 Å². The summed E-state index contributed by atoms with van der Waals surface area (Å²) < 4.78 is 16.6. The molecule has 0 unspecified atom stereocenters. The van der Waals surface area contributed by atoms with Gasteiger partial charge < -0.3 is 20.0 Å². The Hall–Kier alpha value is -11.7. The van der Waals surface area contributed by atoms with Crippen molar-refractivity contribution in [3.05, 3.63) is 403 Å². The van der Waals surface area contributed by atoms with Gasteiger partial charge in [-0.2, -0.15) is 0 Å². The standard InChI is InChI=1S/C42H28N2S2.C30H18ClNS2.C18H13NS.C12H6BrClS.2CH4/c1-4-12-29(13-5-1)43(30-14-6-2-7-15-30)33-21-24-37-38-26-32(22-25-40(38)46-42(37)27-33)44(31-16-8-3-9-17-31)34-20-23-36-35-18-10-11-19-39(35)45-41(36)28-34;31-19-10-13-25-26-17-21(12-15-28(26)34-29(25)16-19)32(20-6-2-1-3-7-20)22-11-14-24-23-8-4-5-9-27(23)33-30(24)18-22;1-2-6-13(7-3-1)19-14-10-11-16-15-8-4-5-9-17(15)20-18(16)12-14;13-7-1-4-11-10(5-7)9-3-2-8(14)6-12(9)15-11;;/h1-28H;1-18H;1-12,19H;1-6H;2*1H4. The summed E-state index contributed by atoms with van der Waals surface area (Å²) >= 11 is 26.7. The molecular formula is C104H73BrCl2N4S6. The van der Waals surface area contributed by atoms with E-state index in [2.05, 4.69) is 388 Å².